The van der Waals surface area contributed by atoms with Gasteiger partial charge in [0.2, 0.25) is 5.78 Å². The van der Waals surface area contributed by atoms with Gasteiger partial charge in [-0.2, -0.15) is 0 Å². The number of methoxy groups -OCH3 is 1. The first-order valence-electron chi connectivity index (χ1n) is 11.7. The largest absolute Gasteiger partial charge is 0.503 e. The molecule has 4 rings (SSSR count). The quantitative estimate of drug-likeness (QED) is 0.252. The summed E-state index contributed by atoms with van der Waals surface area (Å²) in [5.41, 5.74) is 0.365. The third-order valence-electron chi connectivity index (χ3n) is 6.60. The summed E-state index contributed by atoms with van der Waals surface area (Å²) in [6.07, 6.45) is 0. The van der Waals surface area contributed by atoms with Gasteiger partial charge < -0.3 is 24.1 Å². The number of hydrogen-bond donors (Lipinski definition) is 2. The minimum atomic E-state index is -1.00. The second kappa shape index (κ2) is 10.2. The number of rotatable bonds is 10. The van der Waals surface area contributed by atoms with Crippen molar-refractivity contribution in [2.45, 2.75) is 19.9 Å². The molecule has 0 bridgehead atoms. The zero-order valence-corrected chi connectivity index (χ0v) is 20.3. The smallest absolute Gasteiger partial charge is 0.290 e. The lowest BCUT2D eigenvalue weighted by molar-refractivity contribution is -0.895. The lowest BCUT2D eigenvalue weighted by atomic mass is 9.94. The van der Waals surface area contributed by atoms with Crippen molar-refractivity contribution >= 4 is 28.3 Å². The van der Waals surface area contributed by atoms with Gasteiger partial charge in [0.1, 0.15) is 0 Å². The minimum absolute atomic E-state index is 0.0736. The van der Waals surface area contributed by atoms with E-state index >= 15 is 0 Å². The van der Waals surface area contributed by atoms with Crippen molar-refractivity contribution in [2.24, 2.45) is 0 Å². The van der Waals surface area contributed by atoms with Crippen LogP contribution in [0.15, 0.2) is 64.3 Å². The Balaban J connectivity index is 1.80. The molecular weight excluding hydrogens is 466 g/mol. The highest BCUT2D eigenvalue weighted by Gasteiger charge is 2.45. The first-order valence-corrected chi connectivity index (χ1v) is 11.7. The number of nitrogens with zero attached hydrogens (tertiary/aromatic N) is 2. The Morgan fingerprint density at radius 2 is 1.92 bits per heavy atom. The fraction of sp³-hybridized carbons (Fsp3) is 0.308. The number of amides is 1. The van der Waals surface area contributed by atoms with E-state index < -0.39 is 28.4 Å². The highest BCUT2D eigenvalue weighted by molar-refractivity contribution is 6.16. The van der Waals surface area contributed by atoms with Gasteiger partial charge in [0, 0.05) is 17.5 Å². The van der Waals surface area contributed by atoms with Crippen molar-refractivity contribution in [3.63, 3.8) is 0 Å². The van der Waals surface area contributed by atoms with E-state index in [4.69, 9.17) is 9.15 Å². The molecule has 1 aliphatic heterocycles. The van der Waals surface area contributed by atoms with E-state index in [-0.39, 0.29) is 23.6 Å². The number of carbonyl (C=O) groups excluding carboxylic acids is 2. The van der Waals surface area contributed by atoms with Crippen LogP contribution >= 0.6 is 0 Å². The molecule has 0 radical (unpaired) electrons. The number of nitrogens with one attached hydrogen (secondary N) is 1. The highest BCUT2D eigenvalue weighted by Crippen LogP contribution is 2.40. The second-order valence-corrected chi connectivity index (χ2v) is 8.54. The Morgan fingerprint density at radius 3 is 2.58 bits per heavy atom. The molecule has 0 aliphatic carbocycles. The van der Waals surface area contributed by atoms with Gasteiger partial charge in [-0.15, -0.1) is 0 Å². The number of Topliss-reactive ketones (excluding diaryl/α,β-unsaturated/α-hetero) is 1. The summed E-state index contributed by atoms with van der Waals surface area (Å²) < 4.78 is 11.1. The molecule has 1 aromatic heterocycles. The Hall–Kier alpha value is -4.18. The Bertz CT molecular complexity index is 1360. The van der Waals surface area contributed by atoms with Crippen LogP contribution in [0, 0.1) is 10.1 Å². The fourth-order valence-corrected chi connectivity index (χ4v) is 4.60. The van der Waals surface area contributed by atoms with Gasteiger partial charge in [0.15, 0.2) is 22.9 Å². The first-order chi connectivity index (χ1) is 17.3. The molecule has 0 unspecified atom stereocenters. The van der Waals surface area contributed by atoms with Gasteiger partial charge in [-0.25, -0.2) is 0 Å². The molecule has 3 aromatic rings. The van der Waals surface area contributed by atoms with Crippen LogP contribution in [0.3, 0.4) is 0 Å². The number of non-ortho nitro benzene ring substituents is 1. The van der Waals surface area contributed by atoms with Crippen molar-refractivity contribution in [1.82, 2.24) is 4.90 Å². The van der Waals surface area contributed by atoms with Crippen LogP contribution in [0.25, 0.3) is 11.0 Å². The topological polar surface area (TPSA) is 128 Å². The minimum Gasteiger partial charge on any atom is -0.503 e. The van der Waals surface area contributed by atoms with E-state index in [1.165, 1.54) is 41.2 Å². The van der Waals surface area contributed by atoms with Crippen LogP contribution in [-0.4, -0.2) is 59.9 Å². The molecule has 1 amide bonds. The summed E-state index contributed by atoms with van der Waals surface area (Å²) in [6, 6.07) is 11.5. The average Bonchev–Trinajstić information content (AvgIpc) is 3.43. The summed E-state index contributed by atoms with van der Waals surface area (Å²) in [6.45, 7) is 6.57. The maximum atomic E-state index is 13.7. The molecule has 0 fully saturated rings. The third kappa shape index (κ3) is 4.42. The van der Waals surface area contributed by atoms with Gasteiger partial charge in [0.05, 0.1) is 49.8 Å². The predicted molar refractivity (Wildman–Crippen MR) is 131 cm³/mol. The SMILES string of the molecule is CC[NH+](CC)CCN1C(=O)C(O)=C(C(=O)c2cc3cccc(OC)c3o2)[C@@H]1c1cccc([N+](=O)[O-])c1. The number of para-hydroxylation sites is 1. The fourth-order valence-electron chi connectivity index (χ4n) is 4.60. The number of ketones is 1. The second-order valence-electron chi connectivity index (χ2n) is 8.54. The van der Waals surface area contributed by atoms with Gasteiger partial charge in [0.25, 0.3) is 11.6 Å². The van der Waals surface area contributed by atoms with Crippen molar-refractivity contribution in [2.75, 3.05) is 33.3 Å². The molecular formula is C26H28N3O7+. The molecule has 0 saturated heterocycles. The molecule has 1 atom stereocenters. The zero-order valence-electron chi connectivity index (χ0n) is 20.3. The Morgan fingerprint density at radius 1 is 1.19 bits per heavy atom. The molecule has 10 heteroatoms. The van der Waals surface area contributed by atoms with Crippen molar-refractivity contribution in [3.05, 3.63) is 81.3 Å². The molecule has 2 heterocycles. The number of likely N-dealkylation sites (N-methyl/N-ethyl adjacent to an activating group) is 1. The van der Waals surface area contributed by atoms with Crippen LogP contribution in [0.2, 0.25) is 0 Å². The van der Waals surface area contributed by atoms with Gasteiger partial charge >= 0.3 is 0 Å². The van der Waals surface area contributed by atoms with Crippen LogP contribution < -0.4 is 9.64 Å². The summed E-state index contributed by atoms with van der Waals surface area (Å²) in [4.78, 5) is 40.4. The Labute approximate surface area is 207 Å². The molecule has 0 spiro atoms. The van der Waals surface area contributed by atoms with E-state index in [2.05, 4.69) is 0 Å². The highest BCUT2D eigenvalue weighted by atomic mass is 16.6. The lowest BCUT2D eigenvalue weighted by Gasteiger charge is -2.28. The maximum Gasteiger partial charge on any atom is 0.290 e. The molecule has 36 heavy (non-hydrogen) atoms. The normalized spacial score (nSPS) is 15.8. The summed E-state index contributed by atoms with van der Waals surface area (Å²) in [7, 11) is 1.48. The van der Waals surface area contributed by atoms with Crippen LogP contribution in [0.5, 0.6) is 5.75 Å². The number of benzene rings is 2. The molecule has 188 valence electrons. The number of quaternary nitrogens is 1. The number of aliphatic hydroxyl groups excluding tert-OH is 1. The number of carbonyl (C=O) groups is 2. The van der Waals surface area contributed by atoms with Gasteiger partial charge in [-0.1, -0.05) is 24.3 Å². The number of nitro benzene ring substituents is 1. The van der Waals surface area contributed by atoms with Crippen LogP contribution in [-0.2, 0) is 4.79 Å². The first kappa shape index (κ1) is 24.9. The summed E-state index contributed by atoms with van der Waals surface area (Å²) in [5.74, 6) is -1.69. The third-order valence-corrected chi connectivity index (χ3v) is 6.60. The number of fused-ring (bicyclic) bond motifs is 1. The number of hydrogen-bond acceptors (Lipinski definition) is 7. The van der Waals surface area contributed by atoms with E-state index in [9.17, 15) is 24.8 Å². The standard InChI is InChI=1S/C26H27N3O7/c1-4-27(5-2)12-13-28-22(16-8-6-10-18(14-16)29(33)34)21(24(31)26(28)32)23(30)20-15-17-9-7-11-19(35-3)25(17)36-20/h6-11,14-15,22,31H,4-5,12-13H2,1-3H3/p+1/t22-/m0/s1. The summed E-state index contributed by atoms with van der Waals surface area (Å²) in [5, 5.41) is 22.9. The van der Waals surface area contributed by atoms with Crippen molar-refractivity contribution < 1.29 is 33.7 Å². The monoisotopic (exact) mass is 494 g/mol. The zero-order chi connectivity index (χ0) is 26.0. The molecule has 1 aliphatic rings. The molecule has 2 aromatic carbocycles. The van der Waals surface area contributed by atoms with Crippen molar-refractivity contribution in [3.8, 4) is 5.75 Å². The number of ether oxygens (including phenoxy) is 1. The molecule has 2 N–H and O–H groups in total. The van der Waals surface area contributed by atoms with E-state index in [0.29, 0.717) is 28.8 Å². The number of nitro groups is 1. The average molecular weight is 495 g/mol. The lowest BCUT2D eigenvalue weighted by Crippen LogP contribution is -3.12. The van der Waals surface area contributed by atoms with Gasteiger partial charge in [-0.05, 0) is 31.5 Å². The van der Waals surface area contributed by atoms with E-state index in [1.54, 1.807) is 24.3 Å². The summed E-state index contributed by atoms with van der Waals surface area (Å²) >= 11 is 0. The van der Waals surface area contributed by atoms with Crippen LogP contribution in [0.4, 0.5) is 5.69 Å². The van der Waals surface area contributed by atoms with Crippen LogP contribution in [0.1, 0.15) is 36.0 Å². The van der Waals surface area contributed by atoms with E-state index in [0.717, 1.165) is 13.1 Å². The molecule has 10 nitrogen and oxygen atoms in total. The maximum absolute atomic E-state index is 13.7. The van der Waals surface area contributed by atoms with E-state index in [1.807, 2.05) is 13.8 Å². The number of aliphatic hydroxyl groups is 1. The van der Waals surface area contributed by atoms with Crippen molar-refractivity contribution in [1.29, 1.82) is 0 Å². The van der Waals surface area contributed by atoms with Gasteiger partial charge in [-0.3, -0.25) is 19.7 Å². The number of furan rings is 1. The molecule has 0 saturated carbocycles. The predicted octanol–water partition coefficient (Wildman–Crippen LogP) is 2.85. The Kier molecular flexibility index (Phi) is 7.07.